The van der Waals surface area contributed by atoms with Crippen molar-refractivity contribution in [3.8, 4) is 11.5 Å². The maximum atomic E-state index is 12.1. The highest BCUT2D eigenvalue weighted by Crippen LogP contribution is 2.32. The predicted octanol–water partition coefficient (Wildman–Crippen LogP) is 1.12. The van der Waals surface area contributed by atoms with E-state index in [0.717, 1.165) is 5.56 Å². The van der Waals surface area contributed by atoms with Gasteiger partial charge >= 0.3 is 12.1 Å². The molecular formula is C19H25NO9S. The highest BCUT2D eigenvalue weighted by atomic mass is 32.2. The van der Waals surface area contributed by atoms with Crippen LogP contribution in [-0.2, 0) is 35.3 Å². The minimum absolute atomic E-state index is 0.0174. The van der Waals surface area contributed by atoms with E-state index in [1.165, 1.54) is 4.90 Å². The molecule has 0 aromatic heterocycles. The average molecular weight is 443 g/mol. The summed E-state index contributed by atoms with van der Waals surface area (Å²) in [6.45, 7) is 1.62. The summed E-state index contributed by atoms with van der Waals surface area (Å²) in [6, 6.07) is 5.45. The van der Waals surface area contributed by atoms with Crippen molar-refractivity contribution in [2.75, 3.05) is 38.7 Å². The molecule has 0 radical (unpaired) electrons. The van der Waals surface area contributed by atoms with Gasteiger partial charge in [0, 0.05) is 13.1 Å². The minimum atomic E-state index is -2.96. The van der Waals surface area contributed by atoms with Gasteiger partial charge in [-0.15, -0.1) is 0 Å². The van der Waals surface area contributed by atoms with Gasteiger partial charge in [0.15, 0.2) is 21.3 Å². The topological polar surface area (TPSA) is 118 Å². The molecule has 11 heteroatoms. The van der Waals surface area contributed by atoms with E-state index in [1.807, 2.05) is 25.1 Å². The first-order valence-electron chi connectivity index (χ1n) is 9.49. The smallest absolute Gasteiger partial charge is 0.412 e. The summed E-state index contributed by atoms with van der Waals surface area (Å²) in [6.07, 6.45) is -0.451. The molecule has 0 N–H and O–H groups in total. The average Bonchev–Trinajstić information content (AvgIpc) is 3.13. The number of fused-ring (bicyclic) bond motifs is 1. The third kappa shape index (κ3) is 5.99. The Morgan fingerprint density at radius 1 is 1.20 bits per heavy atom. The van der Waals surface area contributed by atoms with Crippen LogP contribution >= 0.6 is 0 Å². The molecule has 1 aromatic rings. The van der Waals surface area contributed by atoms with Crippen LogP contribution in [0, 0.1) is 0 Å². The number of ether oxygens (including phenoxy) is 5. The van der Waals surface area contributed by atoms with E-state index in [2.05, 4.69) is 0 Å². The lowest BCUT2D eigenvalue weighted by Gasteiger charge is -2.25. The van der Waals surface area contributed by atoms with E-state index in [4.69, 9.17) is 23.7 Å². The van der Waals surface area contributed by atoms with Gasteiger partial charge in [-0.25, -0.2) is 13.2 Å². The fraction of sp³-hybridized carbons (Fsp3) is 0.579. The Kier molecular flexibility index (Phi) is 7.03. The number of nitrogens with zero attached hydrogens (tertiary/aromatic N) is 1. The second kappa shape index (κ2) is 9.52. The number of amides is 1. The van der Waals surface area contributed by atoms with Crippen LogP contribution in [0.25, 0.3) is 0 Å². The van der Waals surface area contributed by atoms with Crippen molar-refractivity contribution in [2.24, 2.45) is 0 Å². The Balaban J connectivity index is 1.31. The number of hydrogen-bond acceptors (Lipinski definition) is 9. The molecule has 1 saturated heterocycles. The number of hydrogen-bond donors (Lipinski definition) is 0. The summed E-state index contributed by atoms with van der Waals surface area (Å²) in [4.78, 5) is 25.2. The Morgan fingerprint density at radius 3 is 2.67 bits per heavy atom. The molecule has 30 heavy (non-hydrogen) atoms. The van der Waals surface area contributed by atoms with Gasteiger partial charge in [-0.3, -0.25) is 4.79 Å². The number of carbonyl (C=O) groups excluding carboxylic acids is 2. The van der Waals surface area contributed by atoms with E-state index < -0.39 is 28.7 Å². The molecule has 3 rings (SSSR count). The summed E-state index contributed by atoms with van der Waals surface area (Å²) < 4.78 is 47.7. The van der Waals surface area contributed by atoms with Gasteiger partial charge in [0.2, 0.25) is 13.6 Å². The molecule has 0 aliphatic carbocycles. The molecule has 0 spiro atoms. The summed E-state index contributed by atoms with van der Waals surface area (Å²) >= 11 is 0. The Labute approximate surface area is 174 Å². The van der Waals surface area contributed by atoms with Crippen molar-refractivity contribution in [3.05, 3.63) is 23.8 Å². The predicted molar refractivity (Wildman–Crippen MR) is 104 cm³/mol. The van der Waals surface area contributed by atoms with E-state index in [0.29, 0.717) is 17.9 Å². The zero-order chi connectivity index (χ0) is 21.7. The molecule has 1 aromatic carbocycles. The van der Waals surface area contributed by atoms with Crippen molar-refractivity contribution in [3.63, 3.8) is 0 Å². The minimum Gasteiger partial charge on any atom is -0.454 e. The van der Waals surface area contributed by atoms with E-state index >= 15 is 0 Å². The first-order chi connectivity index (χ1) is 14.2. The summed E-state index contributed by atoms with van der Waals surface area (Å²) in [5, 5.41) is 0. The van der Waals surface area contributed by atoms with Crippen LogP contribution in [0.5, 0.6) is 11.5 Å². The zero-order valence-electron chi connectivity index (χ0n) is 16.9. The standard InChI is InChI=1S/C19H25NO9S/c1-13(7-14-3-4-16-17(8-14)27-11-26-16)20(2)19(22)29-12-28-18(21)5-6-25-15-9-30(23,24)10-15/h3-4,8,13,15H,5-7,9-12H2,1-2H3. The molecule has 10 nitrogen and oxygen atoms in total. The number of benzene rings is 1. The normalized spacial score (nSPS) is 17.7. The van der Waals surface area contributed by atoms with Crippen LogP contribution in [0.1, 0.15) is 18.9 Å². The van der Waals surface area contributed by atoms with Crippen LogP contribution in [0.15, 0.2) is 18.2 Å². The second-order valence-electron chi connectivity index (χ2n) is 7.22. The van der Waals surface area contributed by atoms with Crippen molar-refractivity contribution >= 4 is 21.9 Å². The van der Waals surface area contributed by atoms with E-state index in [9.17, 15) is 18.0 Å². The van der Waals surface area contributed by atoms with Crippen molar-refractivity contribution in [2.45, 2.75) is 31.9 Å². The maximum Gasteiger partial charge on any atom is 0.412 e. The molecule has 0 saturated carbocycles. The molecule has 1 fully saturated rings. The molecule has 0 bridgehead atoms. The lowest BCUT2D eigenvalue weighted by molar-refractivity contribution is -0.153. The zero-order valence-corrected chi connectivity index (χ0v) is 17.7. The van der Waals surface area contributed by atoms with E-state index in [1.54, 1.807) is 7.05 Å². The highest BCUT2D eigenvalue weighted by Gasteiger charge is 2.34. The molecule has 2 aliphatic rings. The monoisotopic (exact) mass is 443 g/mol. The Morgan fingerprint density at radius 2 is 1.93 bits per heavy atom. The molecule has 2 heterocycles. The summed E-state index contributed by atoms with van der Waals surface area (Å²) in [5.41, 5.74) is 0.983. The third-order valence-electron chi connectivity index (χ3n) is 4.86. The SMILES string of the molecule is CC(Cc1ccc2c(c1)OCO2)N(C)C(=O)OCOC(=O)CCOC1CS(=O)(=O)C1. The Bertz CT molecular complexity index is 874. The van der Waals surface area contributed by atoms with Crippen LogP contribution in [0.2, 0.25) is 0 Å². The lowest BCUT2D eigenvalue weighted by atomic mass is 10.1. The van der Waals surface area contributed by atoms with Crippen molar-refractivity contribution in [1.29, 1.82) is 0 Å². The molecule has 1 unspecified atom stereocenters. The number of rotatable bonds is 9. The van der Waals surface area contributed by atoms with Gasteiger partial charge in [-0.1, -0.05) is 6.07 Å². The van der Waals surface area contributed by atoms with Gasteiger partial charge in [0.1, 0.15) is 0 Å². The Hall–Kier alpha value is -2.53. The fourth-order valence-corrected chi connectivity index (χ4v) is 4.20. The lowest BCUT2D eigenvalue weighted by Crippen LogP contribution is -2.43. The van der Waals surface area contributed by atoms with Crippen LogP contribution in [0.3, 0.4) is 0 Å². The van der Waals surface area contributed by atoms with E-state index in [-0.39, 0.29) is 43.5 Å². The first kappa shape index (κ1) is 22.2. The molecule has 1 atom stereocenters. The quantitative estimate of drug-likeness (QED) is 0.409. The van der Waals surface area contributed by atoms with Gasteiger partial charge in [-0.05, 0) is 31.0 Å². The summed E-state index contributed by atoms with van der Waals surface area (Å²) in [7, 11) is -1.36. The van der Waals surface area contributed by atoms with Crippen LogP contribution < -0.4 is 9.47 Å². The summed E-state index contributed by atoms with van der Waals surface area (Å²) in [5.74, 6) is 0.747. The molecule has 2 aliphatic heterocycles. The fourth-order valence-electron chi connectivity index (χ4n) is 2.97. The van der Waals surface area contributed by atoms with Gasteiger partial charge in [0.25, 0.3) is 0 Å². The van der Waals surface area contributed by atoms with Crippen molar-refractivity contribution in [1.82, 2.24) is 4.90 Å². The van der Waals surface area contributed by atoms with Crippen LogP contribution in [-0.4, -0.2) is 76.3 Å². The van der Waals surface area contributed by atoms with Crippen LogP contribution in [0.4, 0.5) is 4.79 Å². The van der Waals surface area contributed by atoms with Gasteiger partial charge < -0.3 is 28.6 Å². The second-order valence-corrected chi connectivity index (χ2v) is 9.37. The van der Waals surface area contributed by atoms with Gasteiger partial charge in [0.05, 0.1) is 30.6 Å². The van der Waals surface area contributed by atoms with Gasteiger partial charge in [-0.2, -0.15) is 0 Å². The number of likely N-dealkylation sites (N-methyl/N-ethyl adjacent to an activating group) is 1. The maximum absolute atomic E-state index is 12.1. The molecular weight excluding hydrogens is 418 g/mol. The highest BCUT2D eigenvalue weighted by molar-refractivity contribution is 7.92. The van der Waals surface area contributed by atoms with Crippen molar-refractivity contribution < 1.29 is 41.7 Å². The molecule has 1 amide bonds. The number of esters is 1. The largest absolute Gasteiger partial charge is 0.454 e. The first-order valence-corrected chi connectivity index (χ1v) is 11.3. The number of carbonyl (C=O) groups is 2. The number of sulfone groups is 1. The molecule has 166 valence electrons. The third-order valence-corrected chi connectivity index (χ3v) is 6.62.